The van der Waals surface area contributed by atoms with E-state index < -0.39 is 60.2 Å². The number of para-hydroxylation sites is 1. The number of H-pyrrole nitrogens is 1. The minimum absolute atomic E-state index is 0.0627. The highest BCUT2D eigenvalue weighted by atomic mass is 35.5. The van der Waals surface area contributed by atoms with Crippen molar-refractivity contribution >= 4 is 58.0 Å². The normalized spacial score (nSPS) is 15.4. The van der Waals surface area contributed by atoms with Gasteiger partial charge in [-0.3, -0.25) is 24.0 Å². The lowest BCUT2D eigenvalue weighted by molar-refractivity contribution is -0.139. The van der Waals surface area contributed by atoms with Crippen LogP contribution in [0.25, 0.3) is 10.9 Å². The number of likely N-dealkylation sites (tertiary alicyclic amines) is 1. The average molecular weight is 758 g/mol. The molecule has 0 spiro atoms. The van der Waals surface area contributed by atoms with Crippen molar-refractivity contribution in [1.29, 1.82) is 0 Å². The molecule has 16 heteroatoms. The van der Waals surface area contributed by atoms with Crippen LogP contribution in [0, 0.1) is 0 Å². The van der Waals surface area contributed by atoms with Crippen LogP contribution in [-0.4, -0.2) is 89.7 Å². The zero-order valence-electron chi connectivity index (χ0n) is 29.7. The lowest BCUT2D eigenvalue weighted by atomic mass is 10.0. The van der Waals surface area contributed by atoms with Crippen molar-refractivity contribution in [3.8, 4) is 5.75 Å². The third-order valence-corrected chi connectivity index (χ3v) is 9.46. The molecule has 3 aromatic carbocycles. The first kappa shape index (κ1) is 39.1. The zero-order valence-corrected chi connectivity index (χ0v) is 30.5. The van der Waals surface area contributed by atoms with Crippen molar-refractivity contribution in [2.45, 2.75) is 56.3 Å². The molecule has 0 saturated carbocycles. The van der Waals surface area contributed by atoms with Crippen molar-refractivity contribution in [1.82, 2.24) is 25.8 Å². The summed E-state index contributed by atoms with van der Waals surface area (Å²) in [6.45, 7) is -0.186. The first-order valence-electron chi connectivity index (χ1n) is 17.4. The molecule has 2 heterocycles. The number of ether oxygens (including phenoxy) is 1. The lowest BCUT2D eigenvalue weighted by Gasteiger charge is -2.27. The molecule has 5 rings (SSSR count). The van der Waals surface area contributed by atoms with Gasteiger partial charge in [0.05, 0.1) is 13.7 Å². The summed E-state index contributed by atoms with van der Waals surface area (Å²) >= 11 is 6.00. The van der Waals surface area contributed by atoms with Crippen molar-refractivity contribution in [2.75, 3.05) is 20.2 Å². The number of nitrogens with two attached hydrogens (primary N) is 3. The van der Waals surface area contributed by atoms with Crippen LogP contribution in [0.15, 0.2) is 84.0 Å². The van der Waals surface area contributed by atoms with Gasteiger partial charge in [0.1, 0.15) is 29.9 Å². The van der Waals surface area contributed by atoms with Gasteiger partial charge in [-0.15, -0.1) is 0 Å². The summed E-state index contributed by atoms with van der Waals surface area (Å²) in [5, 5.41) is 9.37. The standard InChI is InChI=1S/C38H44ClN9O6/c1-54-26-14-10-23(11-15-26)18-31(47-38(41)42)37(53)48-16-4-7-32(48)36(52)44-21-33(49)45-30(19-24-20-43-28-6-3-2-5-27(24)28)35(51)46-29(34(40)50)17-22-8-12-25(39)13-9-22/h2-3,5-6,8-15,20,29-32,43H,4,7,16-19,21H2,1H3,(H2,40,50)(H,44,52)(H,45,49)(H,46,51)(H4,41,42,47)/t29-,30-,31-,32?/m0/s1. The summed E-state index contributed by atoms with van der Waals surface area (Å²) in [7, 11) is 1.55. The van der Waals surface area contributed by atoms with E-state index in [0.29, 0.717) is 35.7 Å². The second kappa shape index (κ2) is 18.1. The molecule has 4 atom stereocenters. The number of amides is 5. The van der Waals surface area contributed by atoms with Crippen LogP contribution in [0.1, 0.15) is 29.5 Å². The number of carbonyl (C=O) groups excluding carboxylic acids is 5. The maximum absolute atomic E-state index is 13.7. The summed E-state index contributed by atoms with van der Waals surface area (Å²) in [5.74, 6) is -2.66. The van der Waals surface area contributed by atoms with Crippen molar-refractivity contribution in [3.63, 3.8) is 0 Å². The Morgan fingerprint density at radius 3 is 2.28 bits per heavy atom. The van der Waals surface area contributed by atoms with E-state index in [1.165, 1.54) is 4.90 Å². The van der Waals surface area contributed by atoms with Gasteiger partial charge in [-0.1, -0.05) is 54.1 Å². The number of hydrogen-bond donors (Lipinski definition) is 7. The SMILES string of the molecule is COc1ccc(C[C@H](N=C(N)N)C(=O)N2CCCC2C(=O)NCC(=O)N[C@@H](Cc2c[nH]c3ccccc23)C(=O)N[C@@H](Cc2ccc(Cl)cc2)C(N)=O)cc1. The predicted molar refractivity (Wildman–Crippen MR) is 204 cm³/mol. The molecule has 0 bridgehead atoms. The van der Waals surface area contributed by atoms with Gasteiger partial charge in [-0.25, -0.2) is 4.99 Å². The Morgan fingerprint density at radius 1 is 0.907 bits per heavy atom. The molecule has 4 aromatic rings. The number of nitrogens with one attached hydrogen (secondary N) is 4. The van der Waals surface area contributed by atoms with E-state index in [1.807, 2.05) is 24.3 Å². The van der Waals surface area contributed by atoms with Crippen LogP contribution in [0.3, 0.4) is 0 Å². The van der Waals surface area contributed by atoms with Gasteiger partial charge >= 0.3 is 0 Å². The number of hydrogen-bond acceptors (Lipinski definition) is 7. The minimum atomic E-state index is -1.15. The first-order valence-corrected chi connectivity index (χ1v) is 17.8. The number of aliphatic imine (C=N–C) groups is 1. The number of methoxy groups -OCH3 is 1. The number of benzene rings is 3. The maximum Gasteiger partial charge on any atom is 0.248 e. The van der Waals surface area contributed by atoms with Gasteiger partial charge < -0.3 is 47.8 Å². The number of halogens is 1. The minimum Gasteiger partial charge on any atom is -0.497 e. The molecule has 15 nitrogen and oxygen atoms in total. The average Bonchev–Trinajstić information content (AvgIpc) is 3.81. The molecular formula is C38H44ClN9O6. The Balaban J connectivity index is 1.25. The maximum atomic E-state index is 13.7. The topological polar surface area (TPSA) is 240 Å². The number of primary amides is 1. The van der Waals surface area contributed by atoms with E-state index >= 15 is 0 Å². The highest BCUT2D eigenvalue weighted by Crippen LogP contribution is 2.22. The van der Waals surface area contributed by atoms with Crippen LogP contribution in [-0.2, 0) is 43.2 Å². The van der Waals surface area contributed by atoms with E-state index in [2.05, 4.69) is 25.9 Å². The fourth-order valence-electron chi connectivity index (χ4n) is 6.46. The lowest BCUT2D eigenvalue weighted by Crippen LogP contribution is -2.56. The smallest absolute Gasteiger partial charge is 0.248 e. The van der Waals surface area contributed by atoms with E-state index in [4.69, 9.17) is 33.5 Å². The Labute approximate surface area is 317 Å². The number of aromatic amines is 1. The van der Waals surface area contributed by atoms with E-state index in [0.717, 1.165) is 22.0 Å². The zero-order chi connectivity index (χ0) is 38.8. The number of nitrogens with zero attached hydrogens (tertiary/aromatic N) is 2. The Morgan fingerprint density at radius 2 is 1.59 bits per heavy atom. The summed E-state index contributed by atoms with van der Waals surface area (Å²) < 4.78 is 5.21. The highest BCUT2D eigenvalue weighted by Gasteiger charge is 2.37. The highest BCUT2D eigenvalue weighted by molar-refractivity contribution is 6.30. The monoisotopic (exact) mass is 757 g/mol. The molecule has 1 aliphatic heterocycles. The molecule has 54 heavy (non-hydrogen) atoms. The molecular weight excluding hydrogens is 714 g/mol. The molecule has 1 aliphatic rings. The summed E-state index contributed by atoms with van der Waals surface area (Å²) in [5.41, 5.74) is 20.1. The molecule has 1 fully saturated rings. The van der Waals surface area contributed by atoms with E-state index in [-0.39, 0.29) is 25.2 Å². The molecule has 0 aliphatic carbocycles. The number of rotatable bonds is 16. The van der Waals surface area contributed by atoms with Gasteiger partial charge in [0.2, 0.25) is 29.5 Å². The van der Waals surface area contributed by atoms with Crippen LogP contribution in [0.2, 0.25) is 5.02 Å². The molecule has 10 N–H and O–H groups in total. The molecule has 1 unspecified atom stereocenters. The quantitative estimate of drug-likeness (QED) is 0.0643. The second-order valence-electron chi connectivity index (χ2n) is 13.0. The molecule has 0 radical (unpaired) electrons. The Kier molecular flexibility index (Phi) is 13.1. The van der Waals surface area contributed by atoms with Crippen molar-refractivity contribution < 1.29 is 28.7 Å². The Bertz CT molecular complexity index is 2000. The van der Waals surface area contributed by atoms with Gasteiger partial charge in [-0.05, 0) is 59.9 Å². The molecule has 1 aromatic heterocycles. The molecule has 284 valence electrons. The van der Waals surface area contributed by atoms with Crippen LogP contribution in [0.4, 0.5) is 0 Å². The largest absolute Gasteiger partial charge is 0.497 e. The van der Waals surface area contributed by atoms with Crippen molar-refractivity contribution in [2.24, 2.45) is 22.2 Å². The number of aromatic nitrogens is 1. The summed E-state index contributed by atoms with van der Waals surface area (Å²) in [6, 6.07) is 17.3. The number of carbonyl (C=O) groups is 5. The van der Waals surface area contributed by atoms with E-state index in [9.17, 15) is 24.0 Å². The third kappa shape index (κ3) is 10.3. The van der Waals surface area contributed by atoms with Crippen molar-refractivity contribution in [3.05, 3.63) is 101 Å². The van der Waals surface area contributed by atoms with E-state index in [1.54, 1.807) is 61.8 Å². The fraction of sp³-hybridized carbons (Fsp3) is 0.316. The van der Waals surface area contributed by atoms with Gasteiger partial charge in [0.15, 0.2) is 5.96 Å². The van der Waals surface area contributed by atoms with Crippen LogP contribution in [0.5, 0.6) is 5.75 Å². The number of guanidine groups is 1. The number of fused-ring (bicyclic) bond motifs is 1. The van der Waals surface area contributed by atoms with Crippen LogP contribution < -0.4 is 37.9 Å². The predicted octanol–water partition coefficient (Wildman–Crippen LogP) is 1.06. The van der Waals surface area contributed by atoms with Crippen LogP contribution >= 0.6 is 11.6 Å². The fourth-order valence-corrected chi connectivity index (χ4v) is 6.58. The summed E-state index contributed by atoms with van der Waals surface area (Å²) in [4.78, 5) is 75.4. The second-order valence-corrected chi connectivity index (χ2v) is 13.4. The van der Waals surface area contributed by atoms with Gasteiger partial charge in [-0.2, -0.15) is 0 Å². The molecule has 1 saturated heterocycles. The first-order chi connectivity index (χ1) is 25.9. The van der Waals surface area contributed by atoms with Gasteiger partial charge in [0.25, 0.3) is 0 Å². The van der Waals surface area contributed by atoms with Gasteiger partial charge in [0, 0.05) is 47.9 Å². The summed E-state index contributed by atoms with van der Waals surface area (Å²) in [6.07, 6.45) is 3.01. The Hall–Kier alpha value is -6.09. The molecule has 5 amide bonds. The third-order valence-electron chi connectivity index (χ3n) is 9.20.